The van der Waals surface area contributed by atoms with Gasteiger partial charge in [0.2, 0.25) is 0 Å². The van der Waals surface area contributed by atoms with Crippen molar-refractivity contribution in [2.24, 2.45) is 4.99 Å². The minimum absolute atomic E-state index is 0. The van der Waals surface area contributed by atoms with E-state index in [9.17, 15) is 0 Å². The van der Waals surface area contributed by atoms with Crippen molar-refractivity contribution in [2.75, 3.05) is 46.5 Å². The molecule has 7 heteroatoms. The van der Waals surface area contributed by atoms with Crippen LogP contribution in [0.25, 0.3) is 0 Å². The molecule has 26 heavy (non-hydrogen) atoms. The topological polar surface area (TPSA) is 58.1 Å². The van der Waals surface area contributed by atoms with E-state index in [4.69, 9.17) is 9.47 Å². The highest BCUT2D eigenvalue weighted by atomic mass is 127. The number of aliphatic imine (C=N–C) groups is 1. The number of hydrogen-bond donors (Lipinski definition) is 2. The molecule has 2 N–H and O–H groups in total. The summed E-state index contributed by atoms with van der Waals surface area (Å²) in [6, 6.07) is 1.40. The van der Waals surface area contributed by atoms with E-state index in [0.717, 1.165) is 31.6 Å². The Morgan fingerprint density at radius 2 is 1.88 bits per heavy atom. The smallest absolute Gasteiger partial charge is 0.191 e. The predicted molar refractivity (Wildman–Crippen MR) is 117 cm³/mol. The molecule has 1 saturated carbocycles. The standard InChI is InChI=1S/C19H36N4O2.HI/c1-20-19(21-10-14-24-15-18-7-4-13-25-18)22-16-8-11-23(12-9-16)17-5-2-3-6-17;/h16-18H,2-15H2,1H3,(H2,20,21,22);1H. The third-order valence-corrected chi connectivity index (χ3v) is 5.80. The fourth-order valence-electron chi connectivity index (χ4n) is 4.30. The molecular formula is C19H37IN4O2. The van der Waals surface area contributed by atoms with E-state index < -0.39 is 0 Å². The molecule has 1 atom stereocenters. The quantitative estimate of drug-likeness (QED) is 0.254. The summed E-state index contributed by atoms with van der Waals surface area (Å²) in [4.78, 5) is 7.06. The van der Waals surface area contributed by atoms with Crippen molar-refractivity contribution in [3.05, 3.63) is 0 Å². The van der Waals surface area contributed by atoms with Gasteiger partial charge in [-0.3, -0.25) is 4.99 Å². The van der Waals surface area contributed by atoms with Crippen LogP contribution in [0.15, 0.2) is 4.99 Å². The van der Waals surface area contributed by atoms with Crippen molar-refractivity contribution in [1.29, 1.82) is 0 Å². The zero-order valence-corrected chi connectivity index (χ0v) is 18.6. The summed E-state index contributed by atoms with van der Waals surface area (Å²) >= 11 is 0. The van der Waals surface area contributed by atoms with Gasteiger partial charge in [-0.15, -0.1) is 24.0 Å². The van der Waals surface area contributed by atoms with Crippen LogP contribution in [0.2, 0.25) is 0 Å². The second-order valence-electron chi connectivity index (χ2n) is 7.60. The Hall–Kier alpha value is -0.120. The van der Waals surface area contributed by atoms with Crippen molar-refractivity contribution in [1.82, 2.24) is 15.5 Å². The molecule has 1 unspecified atom stereocenters. The van der Waals surface area contributed by atoms with Crippen molar-refractivity contribution in [3.8, 4) is 0 Å². The molecule has 0 aromatic carbocycles. The van der Waals surface area contributed by atoms with Crippen LogP contribution in [0.3, 0.4) is 0 Å². The first-order chi connectivity index (χ1) is 12.3. The summed E-state index contributed by atoms with van der Waals surface area (Å²) in [7, 11) is 1.84. The van der Waals surface area contributed by atoms with Crippen LogP contribution in [0.4, 0.5) is 0 Å². The predicted octanol–water partition coefficient (Wildman–Crippen LogP) is 2.37. The summed E-state index contributed by atoms with van der Waals surface area (Å²) in [5, 5.41) is 6.95. The Balaban J connectivity index is 0.00000243. The first-order valence-corrected chi connectivity index (χ1v) is 10.3. The Morgan fingerprint density at radius 3 is 2.54 bits per heavy atom. The normalized spacial score (nSPS) is 26.0. The molecule has 0 amide bonds. The average molecular weight is 480 g/mol. The van der Waals surface area contributed by atoms with Crippen LogP contribution in [0, 0.1) is 0 Å². The number of hydrogen-bond acceptors (Lipinski definition) is 4. The van der Waals surface area contributed by atoms with Gasteiger partial charge in [0.1, 0.15) is 0 Å². The van der Waals surface area contributed by atoms with Crippen molar-refractivity contribution < 1.29 is 9.47 Å². The summed E-state index contributed by atoms with van der Waals surface area (Å²) < 4.78 is 11.3. The molecule has 0 bridgehead atoms. The van der Waals surface area contributed by atoms with Gasteiger partial charge in [-0.1, -0.05) is 12.8 Å². The Bertz CT molecular complexity index is 404. The molecule has 6 nitrogen and oxygen atoms in total. The molecule has 2 saturated heterocycles. The van der Waals surface area contributed by atoms with E-state index in [-0.39, 0.29) is 24.0 Å². The first-order valence-electron chi connectivity index (χ1n) is 10.3. The van der Waals surface area contributed by atoms with Gasteiger partial charge in [-0.25, -0.2) is 0 Å². The zero-order chi connectivity index (χ0) is 17.3. The minimum atomic E-state index is 0. The van der Waals surface area contributed by atoms with Crippen molar-refractivity contribution in [3.63, 3.8) is 0 Å². The van der Waals surface area contributed by atoms with E-state index in [1.807, 2.05) is 7.05 Å². The molecular weight excluding hydrogens is 443 g/mol. The van der Waals surface area contributed by atoms with Crippen LogP contribution < -0.4 is 10.6 Å². The number of nitrogens with one attached hydrogen (secondary N) is 2. The number of halogens is 1. The SMILES string of the molecule is CN=C(NCCOCC1CCCO1)NC1CCN(C2CCCC2)CC1.I. The molecule has 1 aliphatic carbocycles. The van der Waals surface area contributed by atoms with Gasteiger partial charge in [0, 0.05) is 45.4 Å². The third kappa shape index (κ3) is 7.13. The van der Waals surface area contributed by atoms with Crippen LogP contribution >= 0.6 is 24.0 Å². The second-order valence-corrected chi connectivity index (χ2v) is 7.60. The fraction of sp³-hybridized carbons (Fsp3) is 0.947. The number of piperidine rings is 1. The highest BCUT2D eigenvalue weighted by Crippen LogP contribution is 2.26. The number of guanidine groups is 1. The largest absolute Gasteiger partial charge is 0.377 e. The van der Waals surface area contributed by atoms with Crippen LogP contribution in [-0.2, 0) is 9.47 Å². The van der Waals surface area contributed by atoms with Gasteiger partial charge < -0.3 is 25.0 Å². The first kappa shape index (κ1) is 22.2. The number of ether oxygens (including phenoxy) is 2. The van der Waals surface area contributed by atoms with Gasteiger partial charge >= 0.3 is 0 Å². The summed E-state index contributed by atoms with van der Waals surface area (Å²) in [5.74, 6) is 0.903. The molecule has 152 valence electrons. The van der Waals surface area contributed by atoms with E-state index in [1.165, 1.54) is 58.0 Å². The maximum Gasteiger partial charge on any atom is 0.191 e. The number of rotatable bonds is 7. The molecule has 2 aliphatic heterocycles. The van der Waals surface area contributed by atoms with Crippen LogP contribution in [0.1, 0.15) is 51.4 Å². The molecule has 0 aromatic heterocycles. The van der Waals surface area contributed by atoms with Crippen molar-refractivity contribution in [2.45, 2.75) is 69.6 Å². The maximum absolute atomic E-state index is 5.70. The highest BCUT2D eigenvalue weighted by Gasteiger charge is 2.27. The van der Waals surface area contributed by atoms with Gasteiger partial charge in [0.05, 0.1) is 19.3 Å². The van der Waals surface area contributed by atoms with Crippen LogP contribution in [0.5, 0.6) is 0 Å². The lowest BCUT2D eigenvalue weighted by Crippen LogP contribution is -2.50. The van der Waals surface area contributed by atoms with Crippen molar-refractivity contribution >= 4 is 29.9 Å². The molecule has 0 aromatic rings. The molecule has 0 radical (unpaired) electrons. The Labute approximate surface area is 175 Å². The molecule has 2 heterocycles. The van der Waals surface area contributed by atoms with E-state index in [1.54, 1.807) is 0 Å². The molecule has 0 spiro atoms. The third-order valence-electron chi connectivity index (χ3n) is 5.80. The summed E-state index contributed by atoms with van der Waals surface area (Å²) in [6.45, 7) is 5.54. The average Bonchev–Trinajstić information content (AvgIpc) is 3.35. The zero-order valence-electron chi connectivity index (χ0n) is 16.3. The van der Waals surface area contributed by atoms with Gasteiger partial charge in [-0.05, 0) is 38.5 Å². The van der Waals surface area contributed by atoms with E-state index in [0.29, 0.717) is 25.4 Å². The van der Waals surface area contributed by atoms with Gasteiger partial charge in [0.15, 0.2) is 5.96 Å². The number of likely N-dealkylation sites (tertiary alicyclic amines) is 1. The lowest BCUT2D eigenvalue weighted by molar-refractivity contribution is 0.0191. The summed E-state index contributed by atoms with van der Waals surface area (Å²) in [6.07, 6.45) is 10.7. The van der Waals surface area contributed by atoms with E-state index in [2.05, 4.69) is 20.5 Å². The maximum atomic E-state index is 5.70. The van der Waals surface area contributed by atoms with Gasteiger partial charge in [-0.2, -0.15) is 0 Å². The Morgan fingerprint density at radius 1 is 1.12 bits per heavy atom. The number of nitrogens with zero attached hydrogens (tertiary/aromatic N) is 2. The fourth-order valence-corrected chi connectivity index (χ4v) is 4.30. The monoisotopic (exact) mass is 480 g/mol. The second kappa shape index (κ2) is 12.4. The highest BCUT2D eigenvalue weighted by molar-refractivity contribution is 14.0. The molecule has 3 fully saturated rings. The molecule has 3 rings (SSSR count). The lowest BCUT2D eigenvalue weighted by atomic mass is 10.0. The molecule has 3 aliphatic rings. The Kier molecular flexibility index (Phi) is 10.5. The summed E-state index contributed by atoms with van der Waals surface area (Å²) in [5.41, 5.74) is 0. The van der Waals surface area contributed by atoms with Gasteiger partial charge in [0.25, 0.3) is 0 Å². The lowest BCUT2D eigenvalue weighted by Gasteiger charge is -2.36. The minimum Gasteiger partial charge on any atom is -0.377 e. The van der Waals surface area contributed by atoms with Crippen LogP contribution in [-0.4, -0.2) is 75.5 Å². The van der Waals surface area contributed by atoms with E-state index >= 15 is 0 Å².